The van der Waals surface area contributed by atoms with Gasteiger partial charge in [0.2, 0.25) is 0 Å². The number of amides is 1. The van der Waals surface area contributed by atoms with Gasteiger partial charge in [-0.3, -0.25) is 0 Å². The Hall–Kier alpha value is -0.850. The van der Waals surface area contributed by atoms with Crippen molar-refractivity contribution >= 4 is 6.09 Å². The van der Waals surface area contributed by atoms with E-state index in [9.17, 15) is 15.0 Å². The van der Waals surface area contributed by atoms with Gasteiger partial charge in [-0.1, -0.05) is 20.8 Å². The molecule has 0 aromatic carbocycles. The molecule has 6 heteroatoms. The molecule has 210 valence electrons. The van der Waals surface area contributed by atoms with Crippen LogP contribution < -0.4 is 0 Å². The molecular weight excluding hydrogens is 466 g/mol. The summed E-state index contributed by atoms with van der Waals surface area (Å²) in [5.74, 6) is 2.68. The summed E-state index contributed by atoms with van der Waals surface area (Å²) >= 11 is 0. The first-order chi connectivity index (χ1) is 17.2. The molecule has 2 N–H and O–H groups in total. The first-order valence-corrected chi connectivity index (χ1v) is 15.1. The molecule has 1 saturated heterocycles. The quantitative estimate of drug-likeness (QED) is 0.525. The Morgan fingerprint density at radius 3 is 2.35 bits per heavy atom. The molecule has 0 aromatic rings. The molecule has 0 aromatic heterocycles. The fraction of sp³-hybridized carbons (Fsp3) is 0.968. The molecule has 6 aliphatic rings. The number of carbonyl (C=O) groups excluding carboxylic acids is 1. The predicted octanol–water partition coefficient (Wildman–Crippen LogP) is 5.39. The summed E-state index contributed by atoms with van der Waals surface area (Å²) in [6.45, 7) is 10.7. The van der Waals surface area contributed by atoms with Crippen molar-refractivity contribution < 1.29 is 24.5 Å². The van der Waals surface area contributed by atoms with E-state index in [-0.39, 0.29) is 23.7 Å². The maximum atomic E-state index is 12.4. The second kappa shape index (κ2) is 8.10. The number of fused-ring (bicyclic) bond motifs is 4. The van der Waals surface area contributed by atoms with Crippen molar-refractivity contribution in [2.45, 2.75) is 129 Å². The van der Waals surface area contributed by atoms with Crippen LogP contribution >= 0.6 is 0 Å². The van der Waals surface area contributed by atoms with Crippen molar-refractivity contribution in [1.29, 1.82) is 0 Å². The van der Waals surface area contributed by atoms with Crippen molar-refractivity contribution in [3.63, 3.8) is 0 Å². The van der Waals surface area contributed by atoms with E-state index in [2.05, 4.69) is 20.8 Å². The highest BCUT2D eigenvalue weighted by molar-refractivity contribution is 5.67. The van der Waals surface area contributed by atoms with Crippen molar-refractivity contribution in [2.75, 3.05) is 14.1 Å². The van der Waals surface area contributed by atoms with Crippen LogP contribution in [-0.2, 0) is 9.47 Å². The Balaban J connectivity index is 1.23. The van der Waals surface area contributed by atoms with Crippen molar-refractivity contribution in [3.05, 3.63) is 0 Å². The highest BCUT2D eigenvalue weighted by Gasteiger charge is 2.80. The SMILES string of the molecule is CN(C)C(=O)O[C@@H](C1CCC2C(CC3C4CCC5C(C)(C)[C@@H](O)CCC56C[C@@]46CC[C@]23C)O1)C(C)(C)O. The average molecular weight is 518 g/mol. The third kappa shape index (κ3) is 3.49. The third-order valence-corrected chi connectivity index (χ3v) is 13.2. The van der Waals surface area contributed by atoms with Gasteiger partial charge in [0.25, 0.3) is 0 Å². The minimum atomic E-state index is -1.17. The summed E-state index contributed by atoms with van der Waals surface area (Å²) in [5.41, 5.74) is 0.129. The van der Waals surface area contributed by atoms with Gasteiger partial charge >= 0.3 is 6.09 Å². The second-order valence-electron chi connectivity index (χ2n) is 15.7. The molecule has 1 amide bonds. The molecule has 2 spiro atoms. The maximum absolute atomic E-state index is 12.4. The van der Waals surface area contributed by atoms with Crippen LogP contribution in [0.25, 0.3) is 0 Å². The fourth-order valence-electron chi connectivity index (χ4n) is 11.4. The summed E-state index contributed by atoms with van der Waals surface area (Å²) in [4.78, 5) is 13.8. The number of rotatable bonds is 3. The minimum Gasteiger partial charge on any atom is -0.440 e. The zero-order valence-electron chi connectivity index (χ0n) is 24.3. The lowest BCUT2D eigenvalue weighted by atomic mass is 9.46. The lowest BCUT2D eigenvalue weighted by molar-refractivity contribution is -0.179. The first kappa shape index (κ1) is 26.4. The van der Waals surface area contributed by atoms with Crippen LogP contribution in [0.2, 0.25) is 0 Å². The molecule has 37 heavy (non-hydrogen) atoms. The number of aliphatic hydroxyl groups is 2. The summed E-state index contributed by atoms with van der Waals surface area (Å²) < 4.78 is 12.6. The number of nitrogens with zero attached hydrogens (tertiary/aromatic N) is 1. The van der Waals surface area contributed by atoms with E-state index in [1.807, 2.05) is 0 Å². The Kier molecular flexibility index (Phi) is 5.77. The van der Waals surface area contributed by atoms with Gasteiger partial charge in [-0.15, -0.1) is 0 Å². The van der Waals surface area contributed by atoms with E-state index in [0.717, 1.165) is 31.6 Å². The predicted molar refractivity (Wildman–Crippen MR) is 142 cm³/mol. The van der Waals surface area contributed by atoms with Crippen molar-refractivity contribution in [2.24, 2.45) is 45.3 Å². The molecule has 1 aliphatic heterocycles. The molecule has 5 aliphatic carbocycles. The Labute approximate surface area is 223 Å². The van der Waals surface area contributed by atoms with E-state index >= 15 is 0 Å². The highest BCUT2D eigenvalue weighted by Crippen LogP contribution is 2.87. The number of ether oxygens (including phenoxy) is 2. The summed E-state index contributed by atoms with van der Waals surface area (Å²) in [6.07, 6.45) is 10.5. The Bertz CT molecular complexity index is 942. The summed E-state index contributed by atoms with van der Waals surface area (Å²) in [7, 11) is 3.35. The molecule has 6 nitrogen and oxygen atoms in total. The average Bonchev–Trinajstić information content (AvgIpc) is 3.39. The van der Waals surface area contributed by atoms with Crippen LogP contribution in [0, 0.1) is 45.3 Å². The zero-order chi connectivity index (χ0) is 26.8. The van der Waals surface area contributed by atoms with Crippen LogP contribution in [0.1, 0.15) is 98.8 Å². The molecule has 0 bridgehead atoms. The number of aliphatic hydroxyl groups excluding tert-OH is 1. The second-order valence-corrected chi connectivity index (χ2v) is 15.7. The van der Waals surface area contributed by atoms with Gasteiger partial charge in [-0.25, -0.2) is 4.79 Å². The molecule has 7 unspecified atom stereocenters. The minimum absolute atomic E-state index is 0.0313. The largest absolute Gasteiger partial charge is 0.440 e. The molecule has 5 saturated carbocycles. The van der Waals surface area contributed by atoms with Crippen molar-refractivity contribution in [3.8, 4) is 0 Å². The third-order valence-electron chi connectivity index (χ3n) is 13.2. The van der Waals surface area contributed by atoms with Gasteiger partial charge < -0.3 is 24.6 Å². The molecule has 1 heterocycles. The van der Waals surface area contributed by atoms with Gasteiger partial charge in [0, 0.05) is 14.1 Å². The molecular formula is C31H51NO5. The van der Waals surface area contributed by atoms with Gasteiger partial charge in [0.15, 0.2) is 6.10 Å². The van der Waals surface area contributed by atoms with Gasteiger partial charge in [-0.2, -0.15) is 0 Å². The Morgan fingerprint density at radius 2 is 1.68 bits per heavy atom. The van der Waals surface area contributed by atoms with Crippen LogP contribution in [0.4, 0.5) is 4.79 Å². The molecule has 6 rings (SSSR count). The maximum Gasteiger partial charge on any atom is 0.409 e. The highest BCUT2D eigenvalue weighted by atomic mass is 16.6. The van der Waals surface area contributed by atoms with Crippen LogP contribution in [0.3, 0.4) is 0 Å². The van der Waals surface area contributed by atoms with Crippen LogP contribution in [-0.4, -0.2) is 65.3 Å². The number of carbonyl (C=O) groups is 1. The van der Waals surface area contributed by atoms with E-state index in [0.29, 0.717) is 34.0 Å². The van der Waals surface area contributed by atoms with Gasteiger partial charge in [-0.05, 0) is 123 Å². The van der Waals surface area contributed by atoms with E-state index in [1.54, 1.807) is 27.9 Å². The number of hydrogen-bond donors (Lipinski definition) is 2. The van der Waals surface area contributed by atoms with E-state index in [1.165, 1.54) is 43.4 Å². The summed E-state index contributed by atoms with van der Waals surface area (Å²) in [6, 6.07) is 0. The monoisotopic (exact) mass is 517 g/mol. The molecule has 11 atom stereocenters. The van der Waals surface area contributed by atoms with Gasteiger partial charge in [0.05, 0.1) is 23.9 Å². The van der Waals surface area contributed by atoms with Gasteiger partial charge in [0.1, 0.15) is 0 Å². The standard InChI is InChI=1S/C31H51NO5/c1-27(2)23-11-9-18-20-16-22-19(8-10-21(36-22)25(28(3,4)35)37-26(34)32(6)7)29(20,5)14-15-30(18)17-31(23,30)13-12-24(27)33/h18-25,33,35H,8-17H2,1-7H3/t18?,19?,20?,21?,22?,23?,24-,25-,29+,30-,31?/m0/s1. The lowest BCUT2D eigenvalue weighted by Gasteiger charge is -2.59. The Morgan fingerprint density at radius 1 is 0.973 bits per heavy atom. The van der Waals surface area contributed by atoms with E-state index in [4.69, 9.17) is 9.47 Å². The summed E-state index contributed by atoms with van der Waals surface area (Å²) in [5, 5.41) is 21.8. The number of hydrogen-bond acceptors (Lipinski definition) is 5. The lowest BCUT2D eigenvalue weighted by Crippen LogP contribution is -2.55. The topological polar surface area (TPSA) is 79.2 Å². The molecule has 6 fully saturated rings. The van der Waals surface area contributed by atoms with Crippen molar-refractivity contribution in [1.82, 2.24) is 4.90 Å². The zero-order valence-corrected chi connectivity index (χ0v) is 24.3. The van der Waals surface area contributed by atoms with Crippen LogP contribution in [0.5, 0.6) is 0 Å². The smallest absolute Gasteiger partial charge is 0.409 e. The van der Waals surface area contributed by atoms with E-state index < -0.39 is 17.8 Å². The fourth-order valence-corrected chi connectivity index (χ4v) is 11.4. The first-order valence-electron chi connectivity index (χ1n) is 15.1. The molecule has 0 radical (unpaired) electrons. The normalized spacial score (nSPS) is 50.5. The van der Waals surface area contributed by atoms with Crippen LogP contribution in [0.15, 0.2) is 0 Å².